The molecule has 5 nitrogen and oxygen atoms in total. The lowest BCUT2D eigenvalue weighted by Gasteiger charge is -2.08. The first kappa shape index (κ1) is 19.7. The molecule has 0 aromatic heterocycles. The van der Waals surface area contributed by atoms with Crippen molar-refractivity contribution in [2.24, 2.45) is 0 Å². The first-order chi connectivity index (χ1) is 12.6. The Morgan fingerprint density at radius 2 is 1.50 bits per heavy atom. The average molecular weight is 356 g/mol. The minimum absolute atomic E-state index is 0.0754. The second-order valence-electron chi connectivity index (χ2n) is 5.88. The maximum absolute atomic E-state index is 12.1. The summed E-state index contributed by atoms with van der Waals surface area (Å²) in [5, 5.41) is 8.75. The molecule has 0 radical (unpaired) electrons. The molecule has 0 heterocycles. The van der Waals surface area contributed by atoms with Crippen molar-refractivity contribution in [3.63, 3.8) is 0 Å². The molecule has 0 atom stereocenters. The highest BCUT2D eigenvalue weighted by Crippen LogP contribution is 2.23. The van der Waals surface area contributed by atoms with Crippen LogP contribution in [-0.2, 0) is 9.53 Å². The number of unbranched alkanes of at least 4 members (excludes halogenated alkanes) is 1. The lowest BCUT2D eigenvalue weighted by molar-refractivity contribution is -0.140. The molecule has 5 heteroatoms. The average Bonchev–Trinajstić information content (AvgIpc) is 2.69. The van der Waals surface area contributed by atoms with Crippen molar-refractivity contribution in [1.82, 2.24) is 0 Å². The predicted octanol–water partition coefficient (Wildman–Crippen LogP) is 3.64. The molecule has 1 N–H and O–H groups in total. The van der Waals surface area contributed by atoms with Gasteiger partial charge in [0.1, 0.15) is 5.75 Å². The standard InChI is InChI=1S/C21H24O5/c1-25-21(24)13-12-20(23)18-6-4-16(5-7-18)17-8-10-19(11-9-17)26-15-3-2-14-22/h4-11,22H,2-3,12-15H2,1H3. The van der Waals surface area contributed by atoms with E-state index in [1.165, 1.54) is 7.11 Å². The summed E-state index contributed by atoms with van der Waals surface area (Å²) in [5.41, 5.74) is 2.61. The van der Waals surface area contributed by atoms with Crippen molar-refractivity contribution in [2.75, 3.05) is 20.3 Å². The summed E-state index contributed by atoms with van der Waals surface area (Å²) in [6.45, 7) is 0.770. The maximum Gasteiger partial charge on any atom is 0.305 e. The Morgan fingerprint density at radius 3 is 2.08 bits per heavy atom. The third-order valence-corrected chi connectivity index (χ3v) is 4.00. The summed E-state index contributed by atoms with van der Waals surface area (Å²) < 4.78 is 10.2. The normalized spacial score (nSPS) is 10.4. The fraction of sp³-hybridized carbons (Fsp3) is 0.333. The Kier molecular flexibility index (Phi) is 7.83. The Balaban J connectivity index is 1.93. The van der Waals surface area contributed by atoms with Crippen LogP contribution in [0.25, 0.3) is 11.1 Å². The van der Waals surface area contributed by atoms with Gasteiger partial charge in [-0.2, -0.15) is 0 Å². The number of benzene rings is 2. The van der Waals surface area contributed by atoms with Crippen LogP contribution in [-0.4, -0.2) is 37.2 Å². The van der Waals surface area contributed by atoms with Crippen LogP contribution in [0.4, 0.5) is 0 Å². The minimum Gasteiger partial charge on any atom is -0.494 e. The second-order valence-corrected chi connectivity index (χ2v) is 5.88. The molecule has 0 fully saturated rings. The van der Waals surface area contributed by atoms with Gasteiger partial charge < -0.3 is 14.6 Å². The van der Waals surface area contributed by atoms with E-state index in [9.17, 15) is 9.59 Å². The molecular formula is C21H24O5. The Morgan fingerprint density at radius 1 is 0.885 bits per heavy atom. The highest BCUT2D eigenvalue weighted by molar-refractivity contribution is 5.97. The second kappa shape index (κ2) is 10.4. The number of hydrogen-bond donors (Lipinski definition) is 1. The topological polar surface area (TPSA) is 72.8 Å². The van der Waals surface area contributed by atoms with Crippen molar-refractivity contribution in [1.29, 1.82) is 0 Å². The Bertz CT molecular complexity index is 704. The van der Waals surface area contributed by atoms with Crippen LogP contribution in [0.2, 0.25) is 0 Å². The molecule has 2 rings (SSSR count). The van der Waals surface area contributed by atoms with Crippen molar-refractivity contribution in [2.45, 2.75) is 25.7 Å². The maximum atomic E-state index is 12.1. The Hall–Kier alpha value is -2.66. The highest BCUT2D eigenvalue weighted by atomic mass is 16.5. The van der Waals surface area contributed by atoms with E-state index in [1.54, 1.807) is 12.1 Å². The summed E-state index contributed by atoms with van der Waals surface area (Å²) in [5.74, 6) is 0.337. The van der Waals surface area contributed by atoms with Gasteiger partial charge in [-0.15, -0.1) is 0 Å². The molecule has 2 aromatic carbocycles. The van der Waals surface area contributed by atoms with E-state index in [-0.39, 0.29) is 31.2 Å². The number of carbonyl (C=O) groups excluding carboxylic acids is 2. The van der Waals surface area contributed by atoms with Gasteiger partial charge in [0.05, 0.1) is 20.1 Å². The van der Waals surface area contributed by atoms with Gasteiger partial charge in [-0.3, -0.25) is 9.59 Å². The SMILES string of the molecule is COC(=O)CCC(=O)c1ccc(-c2ccc(OCCCCO)cc2)cc1. The van der Waals surface area contributed by atoms with Crippen LogP contribution in [0.15, 0.2) is 48.5 Å². The molecule has 2 aromatic rings. The van der Waals surface area contributed by atoms with E-state index in [1.807, 2.05) is 36.4 Å². The summed E-state index contributed by atoms with van der Waals surface area (Å²) in [6, 6.07) is 15.1. The van der Waals surface area contributed by atoms with E-state index in [4.69, 9.17) is 9.84 Å². The molecule has 26 heavy (non-hydrogen) atoms. The number of ether oxygens (including phenoxy) is 2. The monoisotopic (exact) mass is 356 g/mol. The molecule has 138 valence electrons. The molecule has 0 amide bonds. The number of esters is 1. The summed E-state index contributed by atoms with van der Waals surface area (Å²) >= 11 is 0. The third kappa shape index (κ3) is 6.01. The van der Waals surface area contributed by atoms with Gasteiger partial charge in [0.25, 0.3) is 0 Å². The highest BCUT2D eigenvalue weighted by Gasteiger charge is 2.09. The summed E-state index contributed by atoms with van der Waals surface area (Å²) in [7, 11) is 1.31. The van der Waals surface area contributed by atoms with E-state index < -0.39 is 0 Å². The number of Topliss-reactive ketones (excluding diaryl/α,β-unsaturated/α-hetero) is 1. The van der Waals surface area contributed by atoms with Crippen LogP contribution in [0.1, 0.15) is 36.0 Å². The molecule has 0 saturated carbocycles. The number of hydrogen-bond acceptors (Lipinski definition) is 5. The summed E-state index contributed by atoms with van der Waals surface area (Å²) in [4.78, 5) is 23.2. The van der Waals surface area contributed by atoms with Crippen LogP contribution in [0.3, 0.4) is 0 Å². The van der Waals surface area contributed by atoms with Gasteiger partial charge in [0.2, 0.25) is 0 Å². The molecule has 0 aliphatic rings. The van der Waals surface area contributed by atoms with E-state index >= 15 is 0 Å². The lowest BCUT2D eigenvalue weighted by atomic mass is 10.0. The van der Waals surface area contributed by atoms with Crippen LogP contribution in [0, 0.1) is 0 Å². The first-order valence-corrected chi connectivity index (χ1v) is 8.68. The van der Waals surface area contributed by atoms with Gasteiger partial charge >= 0.3 is 5.97 Å². The van der Waals surface area contributed by atoms with Crippen molar-refractivity contribution in [3.8, 4) is 16.9 Å². The van der Waals surface area contributed by atoms with E-state index in [0.717, 1.165) is 29.7 Å². The number of rotatable bonds is 10. The van der Waals surface area contributed by atoms with Gasteiger partial charge in [-0.25, -0.2) is 0 Å². The largest absolute Gasteiger partial charge is 0.494 e. The van der Waals surface area contributed by atoms with Gasteiger partial charge in [-0.05, 0) is 36.1 Å². The fourth-order valence-corrected chi connectivity index (χ4v) is 2.46. The van der Waals surface area contributed by atoms with Crippen LogP contribution < -0.4 is 4.74 Å². The Labute approximate surface area is 153 Å². The molecule has 0 aliphatic heterocycles. The van der Waals surface area contributed by atoms with Crippen molar-refractivity contribution >= 4 is 11.8 Å². The number of methoxy groups -OCH3 is 1. The number of aliphatic hydroxyl groups is 1. The van der Waals surface area contributed by atoms with E-state index in [2.05, 4.69) is 4.74 Å². The molecular weight excluding hydrogens is 332 g/mol. The molecule has 0 saturated heterocycles. The van der Waals surface area contributed by atoms with Crippen LogP contribution >= 0.6 is 0 Å². The van der Waals surface area contributed by atoms with E-state index in [0.29, 0.717) is 12.2 Å². The smallest absolute Gasteiger partial charge is 0.305 e. The van der Waals surface area contributed by atoms with Crippen molar-refractivity contribution < 1.29 is 24.2 Å². The third-order valence-electron chi connectivity index (χ3n) is 4.00. The van der Waals surface area contributed by atoms with Gasteiger partial charge in [0, 0.05) is 18.6 Å². The van der Waals surface area contributed by atoms with Gasteiger partial charge in [0.15, 0.2) is 5.78 Å². The number of carbonyl (C=O) groups is 2. The number of aliphatic hydroxyl groups excluding tert-OH is 1. The fourth-order valence-electron chi connectivity index (χ4n) is 2.46. The zero-order chi connectivity index (χ0) is 18.8. The predicted molar refractivity (Wildman–Crippen MR) is 99.3 cm³/mol. The minimum atomic E-state index is -0.381. The molecule has 0 spiro atoms. The zero-order valence-corrected chi connectivity index (χ0v) is 14.9. The molecule has 0 aliphatic carbocycles. The first-order valence-electron chi connectivity index (χ1n) is 8.68. The molecule has 0 unspecified atom stereocenters. The molecule has 0 bridgehead atoms. The van der Waals surface area contributed by atoms with Gasteiger partial charge in [-0.1, -0.05) is 36.4 Å². The summed E-state index contributed by atoms with van der Waals surface area (Å²) in [6.07, 6.45) is 1.80. The number of ketones is 1. The zero-order valence-electron chi connectivity index (χ0n) is 14.9. The quantitative estimate of drug-likeness (QED) is 0.400. The lowest BCUT2D eigenvalue weighted by Crippen LogP contribution is -2.05. The van der Waals surface area contributed by atoms with Crippen molar-refractivity contribution in [3.05, 3.63) is 54.1 Å². The van der Waals surface area contributed by atoms with Crippen LogP contribution in [0.5, 0.6) is 5.75 Å².